The zero-order valence-electron chi connectivity index (χ0n) is 15.9. The van der Waals surface area contributed by atoms with Crippen molar-refractivity contribution in [1.82, 2.24) is 10.0 Å². The van der Waals surface area contributed by atoms with E-state index in [-0.39, 0.29) is 13.0 Å². The van der Waals surface area contributed by atoms with E-state index >= 15 is 0 Å². The van der Waals surface area contributed by atoms with E-state index in [4.69, 9.17) is 0 Å². The molecular formula is C22H20F2N2O3S. The number of rotatable bonds is 8. The molecule has 0 saturated carbocycles. The molecule has 0 spiro atoms. The summed E-state index contributed by atoms with van der Waals surface area (Å²) in [7, 11) is -4.28. The standard InChI is InChI=1S/C22H20F2N2O3S/c23-18-12-10-17(11-13-18)15-25-22(27)20(14-16-6-2-1-3-7-16)26-30(28,29)21-9-5-4-8-19(21)24/h1-13,20,26H,14-15H2,(H,25,27)/t20-/m0/s1. The van der Waals surface area contributed by atoms with Crippen molar-refractivity contribution in [1.29, 1.82) is 0 Å². The Balaban J connectivity index is 1.79. The van der Waals surface area contributed by atoms with Gasteiger partial charge in [0, 0.05) is 6.54 Å². The summed E-state index contributed by atoms with van der Waals surface area (Å²) in [6.45, 7) is 0.0891. The van der Waals surface area contributed by atoms with E-state index in [0.717, 1.165) is 17.7 Å². The van der Waals surface area contributed by atoms with Crippen LogP contribution in [0.2, 0.25) is 0 Å². The number of hydrogen-bond acceptors (Lipinski definition) is 3. The molecule has 0 aromatic heterocycles. The highest BCUT2D eigenvalue weighted by atomic mass is 32.2. The molecule has 1 atom stereocenters. The fourth-order valence-electron chi connectivity index (χ4n) is 2.87. The second-order valence-electron chi connectivity index (χ2n) is 6.64. The van der Waals surface area contributed by atoms with Crippen molar-refractivity contribution in [2.45, 2.75) is 23.9 Å². The summed E-state index contributed by atoms with van der Waals surface area (Å²) in [6.07, 6.45) is 0.0732. The SMILES string of the molecule is O=C(NCc1ccc(F)cc1)[C@H](Cc1ccccc1)NS(=O)(=O)c1ccccc1F. The Morgan fingerprint density at radius 3 is 2.13 bits per heavy atom. The summed E-state index contributed by atoms with van der Waals surface area (Å²) < 4.78 is 54.8. The molecule has 30 heavy (non-hydrogen) atoms. The summed E-state index contributed by atoms with van der Waals surface area (Å²) >= 11 is 0. The van der Waals surface area contributed by atoms with E-state index in [0.29, 0.717) is 5.56 Å². The third-order valence-corrected chi connectivity index (χ3v) is 5.91. The topological polar surface area (TPSA) is 75.3 Å². The lowest BCUT2D eigenvalue weighted by Gasteiger charge is -2.19. The summed E-state index contributed by atoms with van der Waals surface area (Å²) in [6, 6.07) is 18.2. The van der Waals surface area contributed by atoms with Gasteiger partial charge in [0.1, 0.15) is 22.6 Å². The van der Waals surface area contributed by atoms with Crippen LogP contribution in [-0.2, 0) is 27.8 Å². The van der Waals surface area contributed by atoms with Crippen molar-refractivity contribution in [2.75, 3.05) is 0 Å². The molecule has 0 fully saturated rings. The quantitative estimate of drug-likeness (QED) is 0.577. The van der Waals surface area contributed by atoms with Crippen molar-refractivity contribution >= 4 is 15.9 Å². The number of nitrogens with one attached hydrogen (secondary N) is 2. The molecule has 0 saturated heterocycles. The summed E-state index contributed by atoms with van der Waals surface area (Å²) in [5, 5.41) is 2.65. The van der Waals surface area contributed by atoms with Gasteiger partial charge in [0.2, 0.25) is 15.9 Å². The first kappa shape index (κ1) is 21.6. The van der Waals surface area contributed by atoms with Gasteiger partial charge in [-0.2, -0.15) is 4.72 Å². The number of benzene rings is 3. The summed E-state index contributed by atoms with van der Waals surface area (Å²) in [4.78, 5) is 12.2. The van der Waals surface area contributed by atoms with Crippen LogP contribution in [0, 0.1) is 11.6 Å². The molecular weight excluding hydrogens is 410 g/mol. The molecule has 156 valence electrons. The van der Waals surface area contributed by atoms with Crippen LogP contribution in [0.3, 0.4) is 0 Å². The molecule has 3 rings (SSSR count). The molecule has 0 bridgehead atoms. The van der Waals surface area contributed by atoms with Gasteiger partial charge in [-0.25, -0.2) is 17.2 Å². The fourth-order valence-corrected chi connectivity index (χ4v) is 4.14. The number of halogens is 2. The third kappa shape index (κ3) is 5.71. The predicted octanol–water partition coefficient (Wildman–Crippen LogP) is 3.17. The van der Waals surface area contributed by atoms with Gasteiger partial charge in [0.05, 0.1) is 0 Å². The van der Waals surface area contributed by atoms with Gasteiger partial charge in [-0.05, 0) is 41.8 Å². The average molecular weight is 430 g/mol. The van der Waals surface area contributed by atoms with E-state index in [9.17, 15) is 22.0 Å². The van der Waals surface area contributed by atoms with Crippen LogP contribution in [0.1, 0.15) is 11.1 Å². The van der Waals surface area contributed by atoms with Gasteiger partial charge in [-0.1, -0.05) is 54.6 Å². The van der Waals surface area contributed by atoms with Gasteiger partial charge in [-0.3, -0.25) is 4.79 Å². The minimum Gasteiger partial charge on any atom is -0.351 e. The van der Waals surface area contributed by atoms with Crippen LogP contribution >= 0.6 is 0 Å². The number of carbonyl (C=O) groups excluding carboxylic acids is 1. The molecule has 0 radical (unpaired) electrons. The van der Waals surface area contributed by atoms with Crippen LogP contribution in [0.4, 0.5) is 8.78 Å². The van der Waals surface area contributed by atoms with Crippen molar-refractivity contribution < 1.29 is 22.0 Å². The number of amides is 1. The van der Waals surface area contributed by atoms with Gasteiger partial charge in [-0.15, -0.1) is 0 Å². The zero-order chi connectivity index (χ0) is 21.6. The highest BCUT2D eigenvalue weighted by molar-refractivity contribution is 7.89. The molecule has 8 heteroatoms. The molecule has 0 aliphatic carbocycles. The van der Waals surface area contributed by atoms with Crippen LogP contribution in [-0.4, -0.2) is 20.4 Å². The molecule has 0 unspecified atom stereocenters. The Morgan fingerprint density at radius 1 is 0.833 bits per heavy atom. The first-order chi connectivity index (χ1) is 14.3. The second kappa shape index (κ2) is 9.60. The van der Waals surface area contributed by atoms with Gasteiger partial charge < -0.3 is 5.32 Å². The maximum Gasteiger partial charge on any atom is 0.244 e. The Bertz CT molecular complexity index is 1100. The van der Waals surface area contributed by atoms with Gasteiger partial charge in [0.15, 0.2) is 0 Å². The fraction of sp³-hybridized carbons (Fsp3) is 0.136. The van der Waals surface area contributed by atoms with E-state index in [1.807, 2.05) is 0 Å². The number of hydrogen-bond donors (Lipinski definition) is 2. The molecule has 0 heterocycles. The van der Waals surface area contributed by atoms with Crippen LogP contribution in [0.5, 0.6) is 0 Å². The van der Waals surface area contributed by atoms with Crippen LogP contribution < -0.4 is 10.0 Å². The largest absolute Gasteiger partial charge is 0.351 e. The Morgan fingerprint density at radius 2 is 1.47 bits per heavy atom. The van der Waals surface area contributed by atoms with Crippen molar-refractivity contribution in [2.24, 2.45) is 0 Å². The molecule has 0 aliphatic heterocycles. The Labute approximate surface area is 173 Å². The lowest BCUT2D eigenvalue weighted by Crippen LogP contribution is -2.47. The molecule has 1 amide bonds. The maximum absolute atomic E-state index is 14.0. The molecule has 3 aromatic carbocycles. The molecule has 2 N–H and O–H groups in total. The van der Waals surface area contributed by atoms with Crippen molar-refractivity contribution in [3.63, 3.8) is 0 Å². The monoisotopic (exact) mass is 430 g/mol. The first-order valence-electron chi connectivity index (χ1n) is 9.18. The number of carbonyl (C=O) groups is 1. The number of sulfonamides is 1. The lowest BCUT2D eigenvalue weighted by atomic mass is 10.1. The van der Waals surface area contributed by atoms with E-state index in [2.05, 4.69) is 10.0 Å². The van der Waals surface area contributed by atoms with Crippen LogP contribution in [0.25, 0.3) is 0 Å². The normalized spacial score (nSPS) is 12.3. The van der Waals surface area contributed by atoms with E-state index < -0.39 is 38.5 Å². The van der Waals surface area contributed by atoms with Gasteiger partial charge >= 0.3 is 0 Å². The zero-order valence-corrected chi connectivity index (χ0v) is 16.7. The van der Waals surface area contributed by atoms with Crippen molar-refractivity contribution in [3.8, 4) is 0 Å². The Hall–Kier alpha value is -3.10. The Kier molecular flexibility index (Phi) is 6.91. The van der Waals surface area contributed by atoms with Crippen molar-refractivity contribution in [3.05, 3.63) is 102 Å². The minimum absolute atomic E-state index is 0.0732. The average Bonchev–Trinajstić information content (AvgIpc) is 2.73. The van der Waals surface area contributed by atoms with Crippen LogP contribution in [0.15, 0.2) is 83.8 Å². The second-order valence-corrected chi connectivity index (χ2v) is 8.32. The minimum atomic E-state index is -4.28. The highest BCUT2D eigenvalue weighted by Crippen LogP contribution is 2.15. The highest BCUT2D eigenvalue weighted by Gasteiger charge is 2.27. The van der Waals surface area contributed by atoms with E-state index in [1.165, 1.54) is 36.4 Å². The van der Waals surface area contributed by atoms with Gasteiger partial charge in [0.25, 0.3) is 0 Å². The predicted molar refractivity (Wildman–Crippen MR) is 109 cm³/mol. The summed E-state index contributed by atoms with van der Waals surface area (Å²) in [5.74, 6) is -1.89. The third-order valence-electron chi connectivity index (χ3n) is 4.40. The lowest BCUT2D eigenvalue weighted by molar-refractivity contribution is -0.122. The first-order valence-corrected chi connectivity index (χ1v) is 10.7. The maximum atomic E-state index is 14.0. The van der Waals surface area contributed by atoms with E-state index in [1.54, 1.807) is 30.3 Å². The smallest absolute Gasteiger partial charge is 0.244 e. The molecule has 3 aromatic rings. The molecule has 5 nitrogen and oxygen atoms in total. The molecule has 0 aliphatic rings. The summed E-state index contributed by atoms with van der Waals surface area (Å²) in [5.41, 5.74) is 1.39.